The number of rotatable bonds is 2. The van der Waals surface area contributed by atoms with Gasteiger partial charge in [0.1, 0.15) is 10.3 Å². The number of hydrogen-bond acceptors (Lipinski definition) is 3. The highest BCUT2D eigenvalue weighted by Gasteiger charge is 2.04. The van der Waals surface area contributed by atoms with Gasteiger partial charge in [0.25, 0.3) is 0 Å². The van der Waals surface area contributed by atoms with Gasteiger partial charge in [0.05, 0.1) is 13.3 Å². The summed E-state index contributed by atoms with van der Waals surface area (Å²) >= 11 is 3.46. The maximum absolute atomic E-state index is 5.05. The fourth-order valence-electron chi connectivity index (χ4n) is 1.79. The molecule has 3 heterocycles. The van der Waals surface area contributed by atoms with E-state index in [2.05, 4.69) is 25.9 Å². The van der Waals surface area contributed by atoms with Crippen LogP contribution in [0.4, 0.5) is 0 Å². The average Bonchev–Trinajstić information content (AvgIpc) is 2.80. The van der Waals surface area contributed by atoms with E-state index in [9.17, 15) is 0 Å². The van der Waals surface area contributed by atoms with Crippen LogP contribution in [0.25, 0.3) is 16.8 Å². The number of nitrogens with zero attached hydrogens (tertiary/aromatic N) is 3. The molecule has 0 N–H and O–H groups in total. The van der Waals surface area contributed by atoms with Crippen LogP contribution in [0, 0.1) is 0 Å². The minimum atomic E-state index is 0.614. The number of hydrogen-bond donors (Lipinski definition) is 0. The van der Waals surface area contributed by atoms with Gasteiger partial charge in [-0.2, -0.15) is 0 Å². The van der Waals surface area contributed by atoms with E-state index in [0.717, 1.165) is 21.4 Å². The predicted octanol–water partition coefficient (Wildman–Crippen LogP) is 3.17. The van der Waals surface area contributed by atoms with Crippen molar-refractivity contribution in [2.75, 3.05) is 7.11 Å². The number of ether oxygens (including phenoxy) is 1. The van der Waals surface area contributed by atoms with E-state index >= 15 is 0 Å². The largest absolute Gasteiger partial charge is 0.481 e. The van der Waals surface area contributed by atoms with Gasteiger partial charge in [-0.25, -0.2) is 9.97 Å². The van der Waals surface area contributed by atoms with E-state index in [1.54, 1.807) is 19.5 Å². The van der Waals surface area contributed by atoms with Gasteiger partial charge in [-0.1, -0.05) is 0 Å². The Morgan fingerprint density at radius 3 is 2.61 bits per heavy atom. The van der Waals surface area contributed by atoms with Crippen molar-refractivity contribution in [3.05, 3.63) is 47.5 Å². The molecule has 3 aromatic heterocycles. The number of aromatic nitrogens is 3. The zero-order valence-corrected chi connectivity index (χ0v) is 11.3. The summed E-state index contributed by atoms with van der Waals surface area (Å²) in [5.41, 5.74) is 3.03. The summed E-state index contributed by atoms with van der Waals surface area (Å²) < 4.78 is 7.97. The van der Waals surface area contributed by atoms with Crippen LogP contribution >= 0.6 is 15.9 Å². The molecule has 0 unspecified atom stereocenters. The second kappa shape index (κ2) is 4.42. The van der Waals surface area contributed by atoms with Crippen LogP contribution in [0.15, 0.2) is 47.5 Å². The van der Waals surface area contributed by atoms with Gasteiger partial charge in [-0.15, -0.1) is 0 Å². The van der Waals surface area contributed by atoms with Crippen LogP contribution in [-0.2, 0) is 0 Å². The molecule has 0 spiro atoms. The fraction of sp³-hybridized carbons (Fsp3) is 0.0769. The van der Waals surface area contributed by atoms with Gasteiger partial charge < -0.3 is 4.74 Å². The average molecular weight is 304 g/mol. The topological polar surface area (TPSA) is 39.4 Å². The maximum atomic E-state index is 5.05. The molecule has 0 saturated heterocycles. The number of fused-ring (bicyclic) bond motifs is 1. The van der Waals surface area contributed by atoms with E-state index in [4.69, 9.17) is 4.74 Å². The molecule has 0 bridgehead atoms. The summed E-state index contributed by atoms with van der Waals surface area (Å²) in [5, 5.41) is 0. The zero-order chi connectivity index (χ0) is 12.5. The molecular formula is C13H10BrN3O. The fourth-order valence-corrected chi connectivity index (χ4v) is 2.18. The van der Waals surface area contributed by atoms with Crippen molar-refractivity contribution in [1.82, 2.24) is 14.4 Å². The van der Waals surface area contributed by atoms with E-state index in [1.165, 1.54) is 0 Å². The predicted molar refractivity (Wildman–Crippen MR) is 72.7 cm³/mol. The van der Waals surface area contributed by atoms with Crippen molar-refractivity contribution in [2.45, 2.75) is 0 Å². The standard InChI is InChI=1S/C13H10BrN3O/c1-18-13-5-3-9(6-16-13)10-2-4-12-15-7-11(14)17(12)8-10/h2-8H,1H3. The first kappa shape index (κ1) is 11.2. The first-order chi connectivity index (χ1) is 8.78. The van der Waals surface area contributed by atoms with Crippen molar-refractivity contribution in [1.29, 1.82) is 0 Å². The highest BCUT2D eigenvalue weighted by molar-refractivity contribution is 9.10. The molecule has 5 heteroatoms. The first-order valence-corrected chi connectivity index (χ1v) is 6.20. The third-order valence-electron chi connectivity index (χ3n) is 2.74. The molecule has 3 rings (SSSR count). The quantitative estimate of drug-likeness (QED) is 0.730. The molecule has 0 fully saturated rings. The van der Waals surface area contributed by atoms with Gasteiger partial charge in [-0.3, -0.25) is 4.40 Å². The molecule has 0 aliphatic heterocycles. The summed E-state index contributed by atoms with van der Waals surface area (Å²) in [6.45, 7) is 0. The molecule has 0 aliphatic carbocycles. The maximum Gasteiger partial charge on any atom is 0.212 e. The lowest BCUT2D eigenvalue weighted by atomic mass is 10.1. The summed E-state index contributed by atoms with van der Waals surface area (Å²) in [6.07, 6.45) is 5.60. The summed E-state index contributed by atoms with van der Waals surface area (Å²) in [4.78, 5) is 8.47. The lowest BCUT2D eigenvalue weighted by molar-refractivity contribution is 0.398. The van der Waals surface area contributed by atoms with Crippen LogP contribution in [0.3, 0.4) is 0 Å². The molecule has 0 saturated carbocycles. The van der Waals surface area contributed by atoms with Gasteiger partial charge in [0, 0.05) is 29.6 Å². The van der Waals surface area contributed by atoms with Gasteiger partial charge in [0.2, 0.25) is 5.88 Å². The molecule has 3 aromatic rings. The normalized spacial score (nSPS) is 10.8. The van der Waals surface area contributed by atoms with E-state index in [0.29, 0.717) is 5.88 Å². The third-order valence-corrected chi connectivity index (χ3v) is 3.33. The number of methoxy groups -OCH3 is 1. The van der Waals surface area contributed by atoms with Gasteiger partial charge >= 0.3 is 0 Å². The second-order valence-corrected chi connectivity index (χ2v) is 4.63. The summed E-state index contributed by atoms with van der Waals surface area (Å²) in [7, 11) is 1.61. The van der Waals surface area contributed by atoms with Gasteiger partial charge in [0.15, 0.2) is 0 Å². The molecule has 18 heavy (non-hydrogen) atoms. The monoisotopic (exact) mass is 303 g/mol. The highest BCUT2D eigenvalue weighted by Crippen LogP contribution is 2.22. The SMILES string of the molecule is COc1ccc(-c2ccc3ncc(Br)n3c2)cn1. The first-order valence-electron chi connectivity index (χ1n) is 5.41. The Kier molecular flexibility index (Phi) is 2.76. The smallest absolute Gasteiger partial charge is 0.212 e. The summed E-state index contributed by atoms with van der Waals surface area (Å²) in [5.74, 6) is 0.614. The van der Waals surface area contributed by atoms with Crippen LogP contribution in [0.2, 0.25) is 0 Å². The Morgan fingerprint density at radius 1 is 1.06 bits per heavy atom. The third kappa shape index (κ3) is 1.86. The minimum absolute atomic E-state index is 0.614. The Bertz CT molecular complexity index is 691. The number of halogens is 1. The Balaban J connectivity index is 2.09. The van der Waals surface area contributed by atoms with Crippen molar-refractivity contribution < 1.29 is 4.74 Å². The van der Waals surface area contributed by atoms with E-state index < -0.39 is 0 Å². The number of imidazole rings is 1. The zero-order valence-electron chi connectivity index (χ0n) is 9.67. The molecule has 90 valence electrons. The van der Waals surface area contributed by atoms with Crippen molar-refractivity contribution >= 4 is 21.6 Å². The molecule has 4 nitrogen and oxygen atoms in total. The lowest BCUT2D eigenvalue weighted by Gasteiger charge is -2.04. The Labute approximate surface area is 112 Å². The molecule has 0 aliphatic rings. The van der Waals surface area contributed by atoms with E-state index in [-0.39, 0.29) is 0 Å². The van der Waals surface area contributed by atoms with Crippen molar-refractivity contribution in [3.63, 3.8) is 0 Å². The number of pyridine rings is 2. The molecular weight excluding hydrogens is 294 g/mol. The lowest BCUT2D eigenvalue weighted by Crippen LogP contribution is -1.89. The van der Waals surface area contributed by atoms with Crippen LogP contribution in [0.5, 0.6) is 5.88 Å². The second-order valence-electron chi connectivity index (χ2n) is 3.82. The van der Waals surface area contributed by atoms with Crippen molar-refractivity contribution in [3.8, 4) is 17.0 Å². The molecule has 0 aromatic carbocycles. The van der Waals surface area contributed by atoms with Crippen LogP contribution in [0.1, 0.15) is 0 Å². The van der Waals surface area contributed by atoms with Crippen molar-refractivity contribution in [2.24, 2.45) is 0 Å². The Morgan fingerprint density at radius 2 is 1.89 bits per heavy atom. The molecule has 0 radical (unpaired) electrons. The minimum Gasteiger partial charge on any atom is -0.481 e. The van der Waals surface area contributed by atoms with E-state index in [1.807, 2.05) is 34.9 Å². The molecule has 0 amide bonds. The molecule has 0 atom stereocenters. The van der Waals surface area contributed by atoms with Crippen LogP contribution in [-0.4, -0.2) is 21.5 Å². The van der Waals surface area contributed by atoms with Crippen LogP contribution < -0.4 is 4.74 Å². The summed E-state index contributed by atoms with van der Waals surface area (Å²) in [6, 6.07) is 7.84. The highest BCUT2D eigenvalue weighted by atomic mass is 79.9. The van der Waals surface area contributed by atoms with Gasteiger partial charge in [-0.05, 0) is 34.1 Å². The Hall–Kier alpha value is -1.88.